The Morgan fingerprint density at radius 1 is 1.24 bits per heavy atom. The normalized spacial score (nSPS) is 15.8. The van der Waals surface area contributed by atoms with Crippen LogP contribution in [0.1, 0.15) is 12.0 Å². The van der Waals surface area contributed by atoms with Crippen LogP contribution in [-0.4, -0.2) is 56.8 Å². The molecule has 1 amide bonds. The van der Waals surface area contributed by atoms with Crippen LogP contribution < -0.4 is 5.32 Å². The van der Waals surface area contributed by atoms with Crippen LogP contribution in [0.25, 0.3) is 0 Å². The number of morpholine rings is 1. The Bertz CT molecular complexity index is 405. The Morgan fingerprint density at radius 3 is 2.76 bits per heavy atom. The van der Waals surface area contributed by atoms with E-state index in [1.807, 2.05) is 30.3 Å². The molecule has 0 unspecified atom stereocenters. The quantitative estimate of drug-likeness (QED) is 0.728. The molecule has 5 heteroatoms. The summed E-state index contributed by atoms with van der Waals surface area (Å²) in [5, 5.41) is 2.89. The first-order chi connectivity index (χ1) is 10.3. The van der Waals surface area contributed by atoms with Crippen LogP contribution in [0.5, 0.6) is 0 Å². The Kier molecular flexibility index (Phi) is 7.21. The number of rotatable bonds is 8. The van der Waals surface area contributed by atoms with E-state index in [1.165, 1.54) is 0 Å². The molecule has 1 aromatic rings. The lowest BCUT2D eigenvalue weighted by molar-refractivity contribution is -0.126. The number of ether oxygens (including phenoxy) is 2. The summed E-state index contributed by atoms with van der Waals surface area (Å²) >= 11 is 0. The lowest BCUT2D eigenvalue weighted by atomic mass is 10.2. The average molecular weight is 292 g/mol. The molecule has 5 nitrogen and oxygen atoms in total. The third kappa shape index (κ3) is 6.71. The Morgan fingerprint density at radius 2 is 2.00 bits per heavy atom. The molecule has 1 fully saturated rings. The molecule has 1 aliphatic rings. The van der Waals surface area contributed by atoms with Crippen molar-refractivity contribution in [3.8, 4) is 0 Å². The summed E-state index contributed by atoms with van der Waals surface area (Å²) in [5.74, 6) is -0.0482. The highest BCUT2D eigenvalue weighted by Gasteiger charge is 2.09. The van der Waals surface area contributed by atoms with Gasteiger partial charge in [0.1, 0.15) is 6.61 Å². The van der Waals surface area contributed by atoms with Crippen LogP contribution in [-0.2, 0) is 20.9 Å². The van der Waals surface area contributed by atoms with Crippen LogP contribution >= 0.6 is 0 Å². The van der Waals surface area contributed by atoms with Gasteiger partial charge in [0.25, 0.3) is 0 Å². The molecule has 1 aliphatic heterocycles. The number of carbonyl (C=O) groups excluding carboxylic acids is 1. The average Bonchev–Trinajstić information content (AvgIpc) is 2.54. The number of amides is 1. The molecular formula is C16H24N2O3. The minimum absolute atomic E-state index is 0.0482. The maximum atomic E-state index is 11.6. The van der Waals surface area contributed by atoms with Gasteiger partial charge < -0.3 is 14.8 Å². The van der Waals surface area contributed by atoms with Crippen molar-refractivity contribution >= 4 is 5.91 Å². The molecule has 0 aromatic heterocycles. The Labute approximate surface area is 126 Å². The summed E-state index contributed by atoms with van der Waals surface area (Å²) < 4.78 is 10.7. The third-order valence-electron chi connectivity index (χ3n) is 3.42. The minimum Gasteiger partial charge on any atom is -0.379 e. The van der Waals surface area contributed by atoms with Crippen molar-refractivity contribution in [1.82, 2.24) is 10.2 Å². The number of carbonyl (C=O) groups is 1. The second-order valence-electron chi connectivity index (χ2n) is 5.14. The largest absolute Gasteiger partial charge is 0.379 e. The SMILES string of the molecule is O=C(COCc1ccccc1)NCCCN1CCOCC1. The zero-order chi connectivity index (χ0) is 14.8. The highest BCUT2D eigenvalue weighted by molar-refractivity contribution is 5.77. The van der Waals surface area contributed by atoms with E-state index in [2.05, 4.69) is 10.2 Å². The van der Waals surface area contributed by atoms with E-state index in [9.17, 15) is 4.79 Å². The summed E-state index contributed by atoms with van der Waals surface area (Å²) in [6.45, 7) is 5.93. The van der Waals surface area contributed by atoms with Gasteiger partial charge in [-0.15, -0.1) is 0 Å². The minimum atomic E-state index is -0.0482. The van der Waals surface area contributed by atoms with Crippen molar-refractivity contribution in [2.75, 3.05) is 46.0 Å². The first kappa shape index (κ1) is 15.9. The van der Waals surface area contributed by atoms with Crippen LogP contribution in [0, 0.1) is 0 Å². The zero-order valence-electron chi connectivity index (χ0n) is 12.4. The van der Waals surface area contributed by atoms with E-state index in [1.54, 1.807) is 0 Å². The lowest BCUT2D eigenvalue weighted by Crippen LogP contribution is -2.38. The van der Waals surface area contributed by atoms with Crippen molar-refractivity contribution in [2.45, 2.75) is 13.0 Å². The number of nitrogens with one attached hydrogen (secondary N) is 1. The van der Waals surface area contributed by atoms with E-state index in [0.717, 1.165) is 44.8 Å². The maximum Gasteiger partial charge on any atom is 0.246 e. The van der Waals surface area contributed by atoms with E-state index in [-0.39, 0.29) is 12.5 Å². The smallest absolute Gasteiger partial charge is 0.246 e. The monoisotopic (exact) mass is 292 g/mol. The van der Waals surface area contributed by atoms with Gasteiger partial charge in [-0.2, -0.15) is 0 Å². The van der Waals surface area contributed by atoms with Gasteiger partial charge in [0.15, 0.2) is 0 Å². The molecule has 1 heterocycles. The molecule has 1 saturated heterocycles. The summed E-state index contributed by atoms with van der Waals surface area (Å²) in [6, 6.07) is 9.86. The van der Waals surface area contributed by atoms with Crippen LogP contribution in [0.2, 0.25) is 0 Å². The van der Waals surface area contributed by atoms with Crippen molar-refractivity contribution in [2.24, 2.45) is 0 Å². The van der Waals surface area contributed by atoms with Gasteiger partial charge in [-0.05, 0) is 18.5 Å². The first-order valence-corrected chi connectivity index (χ1v) is 7.53. The maximum absolute atomic E-state index is 11.6. The second kappa shape index (κ2) is 9.50. The summed E-state index contributed by atoms with van der Waals surface area (Å²) in [6.07, 6.45) is 0.963. The van der Waals surface area contributed by atoms with Crippen LogP contribution in [0.15, 0.2) is 30.3 Å². The highest BCUT2D eigenvalue weighted by atomic mass is 16.5. The van der Waals surface area contributed by atoms with Gasteiger partial charge in [-0.25, -0.2) is 0 Å². The van der Waals surface area contributed by atoms with Crippen LogP contribution in [0.3, 0.4) is 0 Å². The van der Waals surface area contributed by atoms with E-state index in [0.29, 0.717) is 13.2 Å². The fraction of sp³-hybridized carbons (Fsp3) is 0.562. The zero-order valence-corrected chi connectivity index (χ0v) is 12.4. The Hall–Kier alpha value is -1.43. The number of hydrogen-bond donors (Lipinski definition) is 1. The third-order valence-corrected chi connectivity index (χ3v) is 3.42. The van der Waals surface area contributed by atoms with Gasteiger partial charge in [-0.1, -0.05) is 30.3 Å². The number of hydrogen-bond acceptors (Lipinski definition) is 4. The number of benzene rings is 1. The fourth-order valence-corrected chi connectivity index (χ4v) is 2.24. The molecule has 0 radical (unpaired) electrons. The first-order valence-electron chi connectivity index (χ1n) is 7.53. The van der Waals surface area contributed by atoms with Crippen LogP contribution in [0.4, 0.5) is 0 Å². The molecule has 0 aliphatic carbocycles. The molecule has 116 valence electrons. The highest BCUT2D eigenvalue weighted by Crippen LogP contribution is 2.00. The van der Waals surface area contributed by atoms with Crippen molar-refractivity contribution in [3.63, 3.8) is 0 Å². The molecule has 21 heavy (non-hydrogen) atoms. The van der Waals surface area contributed by atoms with E-state index >= 15 is 0 Å². The van der Waals surface area contributed by atoms with Gasteiger partial charge in [0.05, 0.1) is 19.8 Å². The lowest BCUT2D eigenvalue weighted by Gasteiger charge is -2.26. The topological polar surface area (TPSA) is 50.8 Å². The molecule has 0 spiro atoms. The van der Waals surface area contributed by atoms with Crippen molar-refractivity contribution in [3.05, 3.63) is 35.9 Å². The molecule has 2 rings (SSSR count). The second-order valence-corrected chi connectivity index (χ2v) is 5.14. The summed E-state index contributed by atoms with van der Waals surface area (Å²) in [7, 11) is 0. The molecule has 0 atom stereocenters. The number of nitrogens with zero attached hydrogens (tertiary/aromatic N) is 1. The van der Waals surface area contributed by atoms with Gasteiger partial charge in [-0.3, -0.25) is 9.69 Å². The fourth-order valence-electron chi connectivity index (χ4n) is 2.24. The van der Waals surface area contributed by atoms with Gasteiger partial charge in [0, 0.05) is 19.6 Å². The van der Waals surface area contributed by atoms with Gasteiger partial charge in [0.2, 0.25) is 5.91 Å². The standard InChI is InChI=1S/C16H24N2O3/c19-16(14-21-13-15-5-2-1-3-6-15)17-7-4-8-18-9-11-20-12-10-18/h1-3,5-6H,4,7-14H2,(H,17,19). The van der Waals surface area contributed by atoms with Gasteiger partial charge >= 0.3 is 0 Å². The summed E-state index contributed by atoms with van der Waals surface area (Å²) in [4.78, 5) is 14.0. The van der Waals surface area contributed by atoms with Crippen molar-refractivity contribution < 1.29 is 14.3 Å². The molecular weight excluding hydrogens is 268 g/mol. The van der Waals surface area contributed by atoms with Crippen molar-refractivity contribution in [1.29, 1.82) is 0 Å². The molecule has 1 N–H and O–H groups in total. The molecule has 0 saturated carbocycles. The Balaban J connectivity index is 1.47. The van der Waals surface area contributed by atoms with E-state index in [4.69, 9.17) is 9.47 Å². The molecule has 0 bridgehead atoms. The van der Waals surface area contributed by atoms with E-state index < -0.39 is 0 Å². The predicted octanol–water partition coefficient (Wildman–Crippen LogP) is 1.04. The predicted molar refractivity (Wildman–Crippen MR) is 81.0 cm³/mol. The summed E-state index contributed by atoms with van der Waals surface area (Å²) in [5.41, 5.74) is 1.08. The molecule has 1 aromatic carbocycles.